The van der Waals surface area contributed by atoms with Gasteiger partial charge in [-0.15, -0.1) is 0 Å². The van der Waals surface area contributed by atoms with Gasteiger partial charge in [0.1, 0.15) is 0 Å². The molecule has 6 nitrogen and oxygen atoms in total. The van der Waals surface area contributed by atoms with E-state index in [2.05, 4.69) is 5.16 Å². The maximum absolute atomic E-state index is 12.0. The Labute approximate surface area is 124 Å². The summed E-state index contributed by atoms with van der Waals surface area (Å²) < 4.78 is 11.1. The van der Waals surface area contributed by atoms with Crippen LogP contribution < -0.4 is 9.47 Å². The lowest BCUT2D eigenvalue weighted by Crippen LogP contribution is -2.32. The number of hydrogen-bond donors (Lipinski definition) is 1. The lowest BCUT2D eigenvalue weighted by Gasteiger charge is -2.17. The van der Waals surface area contributed by atoms with Gasteiger partial charge in [0.05, 0.1) is 12.8 Å². The van der Waals surface area contributed by atoms with Gasteiger partial charge in [-0.05, 0) is 38.0 Å². The van der Waals surface area contributed by atoms with Crippen LogP contribution in [0.2, 0.25) is 0 Å². The van der Waals surface area contributed by atoms with Crippen LogP contribution in [0.4, 0.5) is 0 Å². The molecule has 1 aromatic rings. The van der Waals surface area contributed by atoms with Crippen LogP contribution in [0.25, 0.3) is 0 Å². The highest BCUT2D eigenvalue weighted by Gasteiger charge is 2.18. The Bertz CT molecular complexity index is 510. The van der Waals surface area contributed by atoms with Crippen molar-refractivity contribution in [2.24, 2.45) is 5.16 Å². The topological polar surface area (TPSA) is 71.4 Å². The van der Waals surface area contributed by atoms with E-state index in [1.54, 1.807) is 18.2 Å². The third-order valence-electron chi connectivity index (χ3n) is 3.28. The zero-order valence-electron chi connectivity index (χ0n) is 12.1. The Morgan fingerprint density at radius 1 is 1.33 bits per heavy atom. The van der Waals surface area contributed by atoms with Gasteiger partial charge in [-0.1, -0.05) is 5.16 Å². The first-order valence-electron chi connectivity index (χ1n) is 7.09. The number of oxime groups is 1. The molecule has 0 aromatic heterocycles. The smallest absolute Gasteiger partial charge is 0.260 e. The van der Waals surface area contributed by atoms with E-state index in [0.29, 0.717) is 23.7 Å². The van der Waals surface area contributed by atoms with Gasteiger partial charge in [0.2, 0.25) is 0 Å². The second-order valence-corrected chi connectivity index (χ2v) is 4.76. The standard InChI is InChI=1S/C15H20N2O4/c1-2-20-14-9-12(10-16-19)5-6-13(14)21-11-15(18)17-7-3-4-8-17/h5-6,9-10,19H,2-4,7-8,11H2,1H3/b16-10-. The third kappa shape index (κ3) is 4.11. The zero-order valence-corrected chi connectivity index (χ0v) is 12.1. The maximum Gasteiger partial charge on any atom is 0.260 e. The van der Waals surface area contributed by atoms with E-state index in [9.17, 15) is 4.79 Å². The molecule has 1 amide bonds. The lowest BCUT2D eigenvalue weighted by atomic mass is 10.2. The van der Waals surface area contributed by atoms with Crippen molar-refractivity contribution in [3.05, 3.63) is 23.8 Å². The number of benzene rings is 1. The molecule has 2 rings (SSSR count). The van der Waals surface area contributed by atoms with Crippen molar-refractivity contribution in [3.63, 3.8) is 0 Å². The number of amides is 1. The monoisotopic (exact) mass is 292 g/mol. The van der Waals surface area contributed by atoms with Gasteiger partial charge in [-0.2, -0.15) is 0 Å². The average Bonchev–Trinajstić information content (AvgIpc) is 3.01. The van der Waals surface area contributed by atoms with Gasteiger partial charge in [-0.25, -0.2) is 0 Å². The zero-order chi connectivity index (χ0) is 15.1. The number of hydrogen-bond acceptors (Lipinski definition) is 5. The first-order chi connectivity index (χ1) is 10.2. The molecule has 0 atom stereocenters. The summed E-state index contributed by atoms with van der Waals surface area (Å²) in [6, 6.07) is 5.15. The molecule has 0 aliphatic carbocycles. The predicted octanol–water partition coefficient (Wildman–Crippen LogP) is 1.89. The molecule has 0 radical (unpaired) electrons. The highest BCUT2D eigenvalue weighted by atomic mass is 16.5. The van der Waals surface area contributed by atoms with Crippen LogP contribution in [0.1, 0.15) is 25.3 Å². The van der Waals surface area contributed by atoms with E-state index in [1.807, 2.05) is 11.8 Å². The number of carbonyl (C=O) groups excluding carboxylic acids is 1. The molecule has 1 saturated heterocycles. The maximum atomic E-state index is 12.0. The van der Waals surface area contributed by atoms with Crippen LogP contribution in [0.3, 0.4) is 0 Å². The van der Waals surface area contributed by atoms with Gasteiger partial charge in [0.25, 0.3) is 5.91 Å². The highest BCUT2D eigenvalue weighted by Crippen LogP contribution is 2.28. The third-order valence-corrected chi connectivity index (χ3v) is 3.28. The fourth-order valence-corrected chi connectivity index (χ4v) is 2.26. The van der Waals surface area contributed by atoms with E-state index >= 15 is 0 Å². The van der Waals surface area contributed by atoms with Gasteiger partial charge in [-0.3, -0.25) is 4.79 Å². The summed E-state index contributed by atoms with van der Waals surface area (Å²) in [6.07, 6.45) is 3.43. The average molecular weight is 292 g/mol. The number of rotatable bonds is 6. The Kier molecular flexibility index (Phi) is 5.43. The largest absolute Gasteiger partial charge is 0.490 e. The molecule has 114 valence electrons. The summed E-state index contributed by atoms with van der Waals surface area (Å²) in [6.45, 7) is 3.98. The van der Waals surface area contributed by atoms with E-state index in [4.69, 9.17) is 14.7 Å². The normalized spacial score (nSPS) is 14.6. The molecule has 1 aliphatic heterocycles. The van der Waals surface area contributed by atoms with Crippen molar-refractivity contribution in [3.8, 4) is 11.5 Å². The Morgan fingerprint density at radius 2 is 2.10 bits per heavy atom. The highest BCUT2D eigenvalue weighted by molar-refractivity contribution is 5.81. The van der Waals surface area contributed by atoms with Crippen molar-refractivity contribution in [2.75, 3.05) is 26.3 Å². The van der Waals surface area contributed by atoms with E-state index in [-0.39, 0.29) is 12.5 Å². The SMILES string of the molecule is CCOc1cc(/C=N\O)ccc1OCC(=O)N1CCCC1. The summed E-state index contributed by atoms with van der Waals surface area (Å²) in [5, 5.41) is 11.5. The van der Waals surface area contributed by atoms with Crippen LogP contribution in [0, 0.1) is 0 Å². The molecule has 1 N–H and O–H groups in total. The Hall–Kier alpha value is -2.24. The second kappa shape index (κ2) is 7.52. The van der Waals surface area contributed by atoms with Crippen LogP contribution in [-0.2, 0) is 4.79 Å². The summed E-state index contributed by atoms with van der Waals surface area (Å²) >= 11 is 0. The number of ether oxygens (including phenoxy) is 2. The first-order valence-corrected chi connectivity index (χ1v) is 7.09. The minimum absolute atomic E-state index is 0.00375. The molecular weight excluding hydrogens is 272 g/mol. The molecular formula is C15H20N2O4. The molecule has 0 unspecified atom stereocenters. The molecule has 0 spiro atoms. The summed E-state index contributed by atoms with van der Waals surface area (Å²) in [7, 11) is 0. The first kappa shape index (κ1) is 15.2. The second-order valence-electron chi connectivity index (χ2n) is 4.76. The number of carbonyl (C=O) groups is 1. The predicted molar refractivity (Wildman–Crippen MR) is 78.3 cm³/mol. The van der Waals surface area contributed by atoms with Crippen LogP contribution >= 0.6 is 0 Å². The Balaban J connectivity index is 2.02. The van der Waals surface area contributed by atoms with Crippen molar-refractivity contribution in [1.82, 2.24) is 4.90 Å². The van der Waals surface area contributed by atoms with Gasteiger partial charge < -0.3 is 19.6 Å². The minimum Gasteiger partial charge on any atom is -0.490 e. The number of nitrogens with zero attached hydrogens (tertiary/aromatic N) is 2. The summed E-state index contributed by atoms with van der Waals surface area (Å²) in [5.41, 5.74) is 0.694. The minimum atomic E-state index is -0.00375. The fourth-order valence-electron chi connectivity index (χ4n) is 2.26. The van der Waals surface area contributed by atoms with Crippen molar-refractivity contribution >= 4 is 12.1 Å². The quantitative estimate of drug-likeness (QED) is 0.494. The number of likely N-dealkylation sites (tertiary alicyclic amines) is 1. The van der Waals surface area contributed by atoms with Crippen molar-refractivity contribution < 1.29 is 19.5 Å². The molecule has 1 fully saturated rings. The van der Waals surface area contributed by atoms with Crippen LogP contribution in [0.15, 0.2) is 23.4 Å². The van der Waals surface area contributed by atoms with Crippen LogP contribution in [0.5, 0.6) is 11.5 Å². The fraction of sp³-hybridized carbons (Fsp3) is 0.467. The van der Waals surface area contributed by atoms with E-state index in [0.717, 1.165) is 25.9 Å². The van der Waals surface area contributed by atoms with E-state index < -0.39 is 0 Å². The summed E-state index contributed by atoms with van der Waals surface area (Å²) in [4.78, 5) is 13.8. The Morgan fingerprint density at radius 3 is 2.76 bits per heavy atom. The molecule has 21 heavy (non-hydrogen) atoms. The van der Waals surface area contributed by atoms with Gasteiger partial charge >= 0.3 is 0 Å². The molecule has 0 saturated carbocycles. The van der Waals surface area contributed by atoms with E-state index in [1.165, 1.54) is 6.21 Å². The summed E-state index contributed by atoms with van der Waals surface area (Å²) in [5.74, 6) is 1.04. The molecule has 1 aliphatic rings. The molecule has 1 aromatic carbocycles. The molecule has 0 bridgehead atoms. The molecule has 6 heteroatoms. The lowest BCUT2D eigenvalue weighted by molar-refractivity contribution is -0.132. The van der Waals surface area contributed by atoms with Crippen LogP contribution in [-0.4, -0.2) is 48.5 Å². The van der Waals surface area contributed by atoms with Gasteiger partial charge in [0, 0.05) is 18.7 Å². The van der Waals surface area contributed by atoms with Crippen molar-refractivity contribution in [2.45, 2.75) is 19.8 Å². The van der Waals surface area contributed by atoms with Crippen molar-refractivity contribution in [1.29, 1.82) is 0 Å². The molecule has 1 heterocycles. The van der Waals surface area contributed by atoms with Gasteiger partial charge in [0.15, 0.2) is 18.1 Å².